The van der Waals surface area contributed by atoms with Gasteiger partial charge in [-0.1, -0.05) is 0 Å². The summed E-state index contributed by atoms with van der Waals surface area (Å²) in [6.07, 6.45) is -0.496. The predicted molar refractivity (Wildman–Crippen MR) is 57.3 cm³/mol. The van der Waals surface area contributed by atoms with Gasteiger partial charge in [0.1, 0.15) is 11.6 Å². The highest BCUT2D eigenvalue weighted by atomic mass is 16.6. The molecule has 0 aliphatic rings. The molecule has 0 aromatic carbocycles. The van der Waals surface area contributed by atoms with Gasteiger partial charge >= 0.3 is 6.09 Å². The summed E-state index contributed by atoms with van der Waals surface area (Å²) >= 11 is 0. The Kier molecular flexibility index (Phi) is 5.09. The van der Waals surface area contributed by atoms with Gasteiger partial charge in [-0.2, -0.15) is 5.26 Å². The second-order valence-electron chi connectivity index (χ2n) is 4.49. The Morgan fingerprint density at radius 2 is 2.07 bits per heavy atom. The van der Waals surface area contributed by atoms with E-state index in [9.17, 15) is 4.79 Å². The molecule has 0 fully saturated rings. The predicted octanol–water partition coefficient (Wildman–Crippen LogP) is 0.965. The van der Waals surface area contributed by atoms with E-state index in [1.165, 1.54) is 0 Å². The van der Waals surface area contributed by atoms with Crippen LogP contribution in [-0.4, -0.2) is 43.3 Å². The molecule has 0 saturated heterocycles. The molecule has 0 saturated carbocycles. The van der Waals surface area contributed by atoms with Crippen LogP contribution in [0.3, 0.4) is 0 Å². The maximum Gasteiger partial charge on any atom is 0.407 e. The van der Waals surface area contributed by atoms with E-state index in [0.29, 0.717) is 0 Å². The molecule has 0 heterocycles. The van der Waals surface area contributed by atoms with E-state index in [0.717, 1.165) is 0 Å². The molecule has 5 heteroatoms. The van der Waals surface area contributed by atoms with Crippen molar-refractivity contribution in [1.82, 2.24) is 10.2 Å². The van der Waals surface area contributed by atoms with Gasteiger partial charge in [-0.3, -0.25) is 4.90 Å². The third-order valence-corrected chi connectivity index (χ3v) is 1.61. The van der Waals surface area contributed by atoms with Gasteiger partial charge in [0.05, 0.1) is 6.07 Å². The third kappa shape index (κ3) is 6.75. The average Bonchev–Trinajstić information content (AvgIpc) is 2.01. The second-order valence-corrected chi connectivity index (χ2v) is 4.49. The summed E-state index contributed by atoms with van der Waals surface area (Å²) < 4.78 is 5.03. The second kappa shape index (κ2) is 5.56. The maximum absolute atomic E-state index is 11.2. The van der Waals surface area contributed by atoms with Crippen molar-refractivity contribution in [3.05, 3.63) is 0 Å². The fraction of sp³-hybridized carbons (Fsp3) is 0.800. The minimum absolute atomic E-state index is 0.262. The molecule has 0 rings (SSSR count). The molecule has 1 atom stereocenters. The van der Waals surface area contributed by atoms with Crippen LogP contribution in [0.4, 0.5) is 4.79 Å². The van der Waals surface area contributed by atoms with E-state index in [-0.39, 0.29) is 12.6 Å². The van der Waals surface area contributed by atoms with Crippen LogP contribution in [0.5, 0.6) is 0 Å². The van der Waals surface area contributed by atoms with Crippen LogP contribution in [0, 0.1) is 11.3 Å². The van der Waals surface area contributed by atoms with Gasteiger partial charge in [0.2, 0.25) is 0 Å². The number of nitriles is 1. The van der Waals surface area contributed by atoms with Crippen LogP contribution < -0.4 is 5.32 Å². The molecule has 1 unspecified atom stereocenters. The standard InChI is InChI=1S/C10H19N3O2/c1-10(2,3)15-9(14)12-7-8(6-11)13(4)5/h8H,7H2,1-5H3,(H,12,14). The summed E-state index contributed by atoms with van der Waals surface area (Å²) in [6.45, 7) is 5.64. The Labute approximate surface area is 91.0 Å². The molecular weight excluding hydrogens is 194 g/mol. The number of nitrogens with zero attached hydrogens (tertiary/aromatic N) is 2. The first-order valence-electron chi connectivity index (χ1n) is 4.79. The minimum atomic E-state index is -0.510. The Hall–Kier alpha value is -1.28. The highest BCUT2D eigenvalue weighted by Crippen LogP contribution is 2.06. The van der Waals surface area contributed by atoms with Crippen LogP contribution in [-0.2, 0) is 4.74 Å². The van der Waals surface area contributed by atoms with E-state index in [4.69, 9.17) is 10.00 Å². The fourth-order valence-corrected chi connectivity index (χ4v) is 0.838. The maximum atomic E-state index is 11.2. The summed E-state index contributed by atoms with van der Waals surface area (Å²) in [5, 5.41) is 11.3. The molecule has 0 spiro atoms. The van der Waals surface area contributed by atoms with Gasteiger partial charge < -0.3 is 10.1 Å². The molecule has 86 valence electrons. The highest BCUT2D eigenvalue weighted by molar-refractivity contribution is 5.67. The quantitative estimate of drug-likeness (QED) is 0.758. The number of hydrogen-bond acceptors (Lipinski definition) is 4. The first kappa shape index (κ1) is 13.7. The monoisotopic (exact) mass is 213 g/mol. The highest BCUT2D eigenvalue weighted by Gasteiger charge is 2.17. The fourth-order valence-electron chi connectivity index (χ4n) is 0.838. The molecule has 1 N–H and O–H groups in total. The van der Waals surface area contributed by atoms with Gasteiger partial charge in [-0.25, -0.2) is 4.79 Å². The van der Waals surface area contributed by atoms with Crippen molar-refractivity contribution in [2.45, 2.75) is 32.4 Å². The molecule has 15 heavy (non-hydrogen) atoms. The minimum Gasteiger partial charge on any atom is -0.444 e. The summed E-state index contributed by atoms with van der Waals surface area (Å²) in [5.41, 5.74) is -0.510. The molecule has 0 bridgehead atoms. The van der Waals surface area contributed by atoms with Crippen molar-refractivity contribution in [3.8, 4) is 6.07 Å². The molecule has 0 aromatic rings. The number of carbonyl (C=O) groups is 1. The lowest BCUT2D eigenvalue weighted by molar-refractivity contribution is 0.0519. The van der Waals surface area contributed by atoms with Crippen LogP contribution in [0.2, 0.25) is 0 Å². The number of nitrogens with one attached hydrogen (secondary N) is 1. The number of amides is 1. The number of likely N-dealkylation sites (N-methyl/N-ethyl adjacent to an activating group) is 1. The van der Waals surface area contributed by atoms with Crippen molar-refractivity contribution < 1.29 is 9.53 Å². The van der Waals surface area contributed by atoms with Gasteiger partial charge in [-0.05, 0) is 34.9 Å². The normalized spacial score (nSPS) is 13.1. The van der Waals surface area contributed by atoms with Crippen LogP contribution in [0.15, 0.2) is 0 Å². The number of hydrogen-bond donors (Lipinski definition) is 1. The smallest absolute Gasteiger partial charge is 0.407 e. The Bertz CT molecular complexity index is 250. The van der Waals surface area contributed by atoms with E-state index in [1.807, 2.05) is 0 Å². The first-order chi connectivity index (χ1) is 6.76. The Morgan fingerprint density at radius 1 is 1.53 bits per heavy atom. The summed E-state index contributed by atoms with van der Waals surface area (Å²) in [7, 11) is 3.56. The average molecular weight is 213 g/mol. The Balaban J connectivity index is 3.96. The molecule has 0 radical (unpaired) electrons. The lowest BCUT2D eigenvalue weighted by Gasteiger charge is -2.21. The number of ether oxygens (including phenoxy) is 1. The topological polar surface area (TPSA) is 65.4 Å². The van der Waals surface area contributed by atoms with Crippen molar-refractivity contribution in [3.63, 3.8) is 0 Å². The van der Waals surface area contributed by atoms with E-state index in [2.05, 4.69) is 11.4 Å². The lowest BCUT2D eigenvalue weighted by atomic mass is 10.2. The van der Waals surface area contributed by atoms with Gasteiger partial charge in [-0.15, -0.1) is 0 Å². The zero-order valence-corrected chi connectivity index (χ0v) is 10.00. The molecule has 5 nitrogen and oxygen atoms in total. The SMILES string of the molecule is CN(C)C(C#N)CNC(=O)OC(C)(C)C. The van der Waals surface area contributed by atoms with E-state index >= 15 is 0 Å². The summed E-state index contributed by atoms with van der Waals surface area (Å²) in [4.78, 5) is 13.0. The van der Waals surface area contributed by atoms with Crippen molar-refractivity contribution >= 4 is 6.09 Å². The third-order valence-electron chi connectivity index (χ3n) is 1.61. The van der Waals surface area contributed by atoms with Crippen molar-refractivity contribution in [2.75, 3.05) is 20.6 Å². The van der Waals surface area contributed by atoms with Crippen LogP contribution in [0.1, 0.15) is 20.8 Å². The largest absolute Gasteiger partial charge is 0.444 e. The van der Waals surface area contributed by atoms with Crippen molar-refractivity contribution in [2.24, 2.45) is 0 Å². The molecule has 0 aliphatic heterocycles. The van der Waals surface area contributed by atoms with Gasteiger partial charge in [0, 0.05) is 6.54 Å². The number of carbonyl (C=O) groups excluding carboxylic acids is 1. The van der Waals surface area contributed by atoms with Crippen LogP contribution in [0.25, 0.3) is 0 Å². The molecular formula is C10H19N3O2. The van der Waals surface area contributed by atoms with E-state index < -0.39 is 11.7 Å². The van der Waals surface area contributed by atoms with Crippen molar-refractivity contribution in [1.29, 1.82) is 5.26 Å². The number of alkyl carbamates (subject to hydrolysis) is 1. The zero-order chi connectivity index (χ0) is 12.1. The lowest BCUT2D eigenvalue weighted by Crippen LogP contribution is -2.41. The molecule has 0 aromatic heterocycles. The summed E-state index contributed by atoms with van der Waals surface area (Å²) in [6, 6.07) is 1.74. The van der Waals surface area contributed by atoms with Gasteiger partial charge in [0.15, 0.2) is 0 Å². The molecule has 1 amide bonds. The first-order valence-corrected chi connectivity index (χ1v) is 4.79. The summed E-state index contributed by atoms with van der Waals surface area (Å²) in [5.74, 6) is 0. The zero-order valence-electron chi connectivity index (χ0n) is 10.00. The Morgan fingerprint density at radius 3 is 2.40 bits per heavy atom. The van der Waals surface area contributed by atoms with Gasteiger partial charge in [0.25, 0.3) is 0 Å². The van der Waals surface area contributed by atoms with Crippen LogP contribution >= 0.6 is 0 Å². The van der Waals surface area contributed by atoms with E-state index in [1.54, 1.807) is 39.8 Å². The molecule has 0 aliphatic carbocycles. The number of rotatable bonds is 3.